The third-order valence-corrected chi connectivity index (χ3v) is 7.57. The fraction of sp³-hybridized carbons (Fsp3) is 0.250. The number of rotatable bonds is 3. The molecule has 2 aliphatic rings. The molecule has 6 heterocycles. The van der Waals surface area contributed by atoms with Crippen molar-refractivity contribution in [3.8, 4) is 22.3 Å². The lowest BCUT2D eigenvalue weighted by Crippen LogP contribution is -2.30. The van der Waals surface area contributed by atoms with E-state index in [0.29, 0.717) is 19.8 Å². The monoisotopic (exact) mass is 479 g/mol. The second kappa shape index (κ2) is 8.20. The molecular formula is C28H25N5O3. The van der Waals surface area contributed by atoms with Crippen LogP contribution in [0.2, 0.25) is 0 Å². The van der Waals surface area contributed by atoms with Gasteiger partial charge < -0.3 is 24.1 Å². The summed E-state index contributed by atoms with van der Waals surface area (Å²) in [6.07, 6.45) is 11.3. The quantitative estimate of drug-likeness (QED) is 0.360. The number of fused-ring (bicyclic) bond motifs is 3. The molecule has 36 heavy (non-hydrogen) atoms. The first-order chi connectivity index (χ1) is 17.7. The molecular weight excluding hydrogens is 454 g/mol. The minimum atomic E-state index is -0.858. The van der Waals surface area contributed by atoms with E-state index in [4.69, 9.17) is 9.72 Å². The van der Waals surface area contributed by atoms with E-state index in [1.807, 2.05) is 29.2 Å². The molecule has 1 atom stereocenters. The van der Waals surface area contributed by atoms with Crippen molar-refractivity contribution >= 4 is 22.8 Å². The van der Waals surface area contributed by atoms with Crippen LogP contribution in [0.15, 0.2) is 61.3 Å². The van der Waals surface area contributed by atoms with E-state index >= 15 is 0 Å². The van der Waals surface area contributed by atoms with Gasteiger partial charge in [-0.05, 0) is 71.3 Å². The number of aromatic amines is 1. The minimum absolute atomic E-state index is 0.140. The number of nitrogens with one attached hydrogen (secondary N) is 1. The normalized spacial score (nSPS) is 17.7. The van der Waals surface area contributed by atoms with E-state index in [1.54, 1.807) is 11.1 Å². The van der Waals surface area contributed by atoms with Gasteiger partial charge in [0.15, 0.2) is 0 Å². The standard InChI is InChI=1S/C28H25N5O3/c34-28(35)33-6-1-2-25(33)21-11-19(10-18-4-9-36-16-24(18)21)20-12-22-23(15-31-27(22)30-14-20)17-3-7-32-8-5-29-26(32)13-17/h3,5,7-8,10-15,25H,1-2,4,6,9,16H2,(H,30,31)(H,34,35)/t25-/m0/s1. The molecule has 1 aromatic carbocycles. The zero-order chi connectivity index (χ0) is 24.2. The molecule has 0 aliphatic carbocycles. The van der Waals surface area contributed by atoms with E-state index in [2.05, 4.69) is 40.3 Å². The van der Waals surface area contributed by atoms with Crippen molar-refractivity contribution in [2.24, 2.45) is 0 Å². The molecule has 7 rings (SSSR count). The summed E-state index contributed by atoms with van der Waals surface area (Å²) in [6, 6.07) is 10.6. The fourth-order valence-electron chi connectivity index (χ4n) is 5.77. The second-order valence-electron chi connectivity index (χ2n) is 9.57. The van der Waals surface area contributed by atoms with Gasteiger partial charge in [0.25, 0.3) is 0 Å². The number of hydrogen-bond donors (Lipinski definition) is 2. The Morgan fingerprint density at radius 1 is 1.11 bits per heavy atom. The first-order valence-corrected chi connectivity index (χ1v) is 12.3. The Bertz CT molecular complexity index is 1640. The van der Waals surface area contributed by atoms with Gasteiger partial charge in [0, 0.05) is 54.0 Å². The Hall–Kier alpha value is -4.17. The summed E-state index contributed by atoms with van der Waals surface area (Å²) in [6.45, 7) is 1.78. The van der Waals surface area contributed by atoms with E-state index in [9.17, 15) is 9.90 Å². The Morgan fingerprint density at radius 3 is 2.97 bits per heavy atom. The fourth-order valence-corrected chi connectivity index (χ4v) is 5.77. The Balaban J connectivity index is 1.36. The summed E-state index contributed by atoms with van der Waals surface area (Å²) >= 11 is 0. The zero-order valence-electron chi connectivity index (χ0n) is 19.6. The van der Waals surface area contributed by atoms with Crippen LogP contribution in [0.5, 0.6) is 0 Å². The molecule has 8 heteroatoms. The number of likely N-dealkylation sites (tertiary alicyclic amines) is 1. The van der Waals surface area contributed by atoms with Gasteiger partial charge in [0.1, 0.15) is 11.3 Å². The minimum Gasteiger partial charge on any atom is -0.465 e. The third-order valence-electron chi connectivity index (χ3n) is 7.57. The van der Waals surface area contributed by atoms with Crippen molar-refractivity contribution in [3.63, 3.8) is 0 Å². The smallest absolute Gasteiger partial charge is 0.407 e. The maximum Gasteiger partial charge on any atom is 0.407 e. The largest absolute Gasteiger partial charge is 0.465 e. The number of imidazole rings is 1. The van der Waals surface area contributed by atoms with Crippen LogP contribution in [-0.2, 0) is 17.8 Å². The van der Waals surface area contributed by atoms with Gasteiger partial charge in [-0.25, -0.2) is 14.8 Å². The highest BCUT2D eigenvalue weighted by molar-refractivity contribution is 5.96. The van der Waals surface area contributed by atoms with Crippen molar-refractivity contribution < 1.29 is 14.6 Å². The molecule has 0 spiro atoms. The van der Waals surface area contributed by atoms with Crippen LogP contribution in [0.3, 0.4) is 0 Å². The van der Waals surface area contributed by atoms with Crippen molar-refractivity contribution in [3.05, 3.63) is 78.0 Å². The number of hydrogen-bond acceptors (Lipinski definition) is 4. The predicted molar refractivity (Wildman–Crippen MR) is 136 cm³/mol. The lowest BCUT2D eigenvalue weighted by atomic mass is 9.88. The topological polar surface area (TPSA) is 95.8 Å². The van der Waals surface area contributed by atoms with Gasteiger partial charge >= 0.3 is 6.09 Å². The van der Waals surface area contributed by atoms with Crippen LogP contribution in [-0.4, -0.2) is 48.6 Å². The summed E-state index contributed by atoms with van der Waals surface area (Å²) in [5.74, 6) is 0. The molecule has 0 unspecified atom stereocenters. The molecule has 0 bridgehead atoms. The maximum absolute atomic E-state index is 11.9. The number of benzene rings is 1. The number of amides is 1. The van der Waals surface area contributed by atoms with Crippen LogP contribution < -0.4 is 0 Å². The van der Waals surface area contributed by atoms with Gasteiger partial charge in [0.2, 0.25) is 0 Å². The molecule has 2 aliphatic heterocycles. The van der Waals surface area contributed by atoms with E-state index in [-0.39, 0.29) is 6.04 Å². The van der Waals surface area contributed by atoms with Crippen molar-refractivity contribution in [2.75, 3.05) is 13.2 Å². The molecule has 1 saturated heterocycles. The van der Waals surface area contributed by atoms with Gasteiger partial charge in [0.05, 0.1) is 19.3 Å². The van der Waals surface area contributed by atoms with Crippen molar-refractivity contribution in [1.82, 2.24) is 24.3 Å². The Labute approximate surface area is 207 Å². The lowest BCUT2D eigenvalue weighted by molar-refractivity contribution is 0.107. The van der Waals surface area contributed by atoms with Gasteiger partial charge in [-0.3, -0.25) is 0 Å². The van der Waals surface area contributed by atoms with Crippen LogP contribution in [0.4, 0.5) is 4.79 Å². The molecule has 180 valence electrons. The molecule has 1 amide bonds. The van der Waals surface area contributed by atoms with Crippen LogP contribution in [0, 0.1) is 0 Å². The average Bonchev–Trinajstić information content (AvgIpc) is 3.66. The number of carboxylic acid groups (broad SMARTS) is 1. The molecule has 0 radical (unpaired) electrons. The highest BCUT2D eigenvalue weighted by atomic mass is 16.5. The Morgan fingerprint density at radius 2 is 2.06 bits per heavy atom. The van der Waals surface area contributed by atoms with E-state index in [0.717, 1.165) is 69.3 Å². The number of nitrogens with zero attached hydrogens (tertiary/aromatic N) is 4. The van der Waals surface area contributed by atoms with Crippen molar-refractivity contribution in [1.29, 1.82) is 0 Å². The number of carbonyl (C=O) groups is 1. The van der Waals surface area contributed by atoms with Crippen LogP contribution in [0.1, 0.15) is 35.6 Å². The highest BCUT2D eigenvalue weighted by Crippen LogP contribution is 2.40. The molecule has 5 aromatic rings. The Kier molecular flexibility index (Phi) is 4.82. The average molecular weight is 480 g/mol. The lowest BCUT2D eigenvalue weighted by Gasteiger charge is -2.28. The third kappa shape index (κ3) is 3.37. The summed E-state index contributed by atoms with van der Waals surface area (Å²) < 4.78 is 7.77. The first kappa shape index (κ1) is 21.1. The summed E-state index contributed by atoms with van der Waals surface area (Å²) in [4.78, 5) is 26.0. The van der Waals surface area contributed by atoms with Gasteiger partial charge in [-0.2, -0.15) is 0 Å². The van der Waals surface area contributed by atoms with Crippen LogP contribution >= 0.6 is 0 Å². The van der Waals surface area contributed by atoms with Crippen molar-refractivity contribution in [2.45, 2.75) is 31.9 Å². The number of pyridine rings is 2. The SMILES string of the molecule is O=C(O)N1CCC[C@H]1c1cc(-c2cnc3[nH]cc(-c4ccn5ccnc5c4)c3c2)cc2c1COCC2. The van der Waals surface area contributed by atoms with E-state index < -0.39 is 6.09 Å². The molecule has 8 nitrogen and oxygen atoms in total. The zero-order valence-corrected chi connectivity index (χ0v) is 19.6. The number of aromatic nitrogens is 4. The molecule has 0 saturated carbocycles. The van der Waals surface area contributed by atoms with Gasteiger partial charge in [-0.1, -0.05) is 6.07 Å². The summed E-state index contributed by atoms with van der Waals surface area (Å²) in [5, 5.41) is 10.8. The predicted octanol–water partition coefficient (Wildman–Crippen LogP) is 5.43. The maximum atomic E-state index is 11.9. The highest BCUT2D eigenvalue weighted by Gasteiger charge is 2.33. The van der Waals surface area contributed by atoms with Crippen LogP contribution in [0.25, 0.3) is 38.9 Å². The molecule has 2 N–H and O–H groups in total. The molecule has 1 fully saturated rings. The first-order valence-electron chi connectivity index (χ1n) is 12.3. The summed E-state index contributed by atoms with van der Waals surface area (Å²) in [7, 11) is 0. The number of H-pyrrole nitrogens is 1. The molecule has 4 aromatic heterocycles. The second-order valence-corrected chi connectivity index (χ2v) is 9.57. The van der Waals surface area contributed by atoms with E-state index in [1.165, 1.54) is 5.56 Å². The summed E-state index contributed by atoms with van der Waals surface area (Å²) in [5.41, 5.74) is 9.41. The number of ether oxygens (including phenoxy) is 1. The van der Waals surface area contributed by atoms with Gasteiger partial charge in [-0.15, -0.1) is 0 Å².